The van der Waals surface area contributed by atoms with E-state index in [1.807, 2.05) is 6.20 Å². The fraction of sp³-hybridized carbons (Fsp3) is 0.550. The Bertz CT molecular complexity index is 717. The van der Waals surface area contributed by atoms with Gasteiger partial charge in [-0.15, -0.1) is 0 Å². The monoisotopic (exact) mass is 323 g/mol. The van der Waals surface area contributed by atoms with Crippen molar-refractivity contribution in [2.24, 2.45) is 5.92 Å². The molecule has 2 aromatic rings. The third-order valence-corrected chi connectivity index (χ3v) is 5.58. The topological polar surface area (TPSA) is 30.1 Å². The highest BCUT2D eigenvalue weighted by molar-refractivity contribution is 5.57. The summed E-state index contributed by atoms with van der Waals surface area (Å²) in [4.78, 5) is 7.19. The maximum atomic E-state index is 5.98. The van der Waals surface area contributed by atoms with Crippen molar-refractivity contribution in [2.45, 2.75) is 44.7 Å². The van der Waals surface area contributed by atoms with Gasteiger partial charge in [-0.3, -0.25) is 4.90 Å². The normalized spacial score (nSPS) is 25.3. The summed E-state index contributed by atoms with van der Waals surface area (Å²) in [5.74, 6) is 3.06. The minimum Gasteiger partial charge on any atom is -0.492 e. The van der Waals surface area contributed by atoms with Gasteiger partial charge in [-0.2, -0.15) is 0 Å². The predicted molar refractivity (Wildman–Crippen MR) is 94.2 cm³/mol. The summed E-state index contributed by atoms with van der Waals surface area (Å²) in [7, 11) is 0. The second-order valence-electron chi connectivity index (χ2n) is 7.57. The number of rotatable bonds is 6. The van der Waals surface area contributed by atoms with Gasteiger partial charge in [-0.25, -0.2) is 4.98 Å². The fourth-order valence-electron chi connectivity index (χ4n) is 3.80. The van der Waals surface area contributed by atoms with Crippen LogP contribution in [0.3, 0.4) is 0 Å². The molecular weight excluding hydrogens is 298 g/mol. The van der Waals surface area contributed by atoms with Crippen molar-refractivity contribution in [3.63, 3.8) is 0 Å². The number of benzene rings is 1. The standard InChI is InChI=1S/C20H25N3O/c1-2-10-23-17(3-1)11-21-20(23)16-6-8-19(9-7-16)24-14-18-13-22(18)12-15-4-5-15/h6-9,11,15,18H,1-5,10,12-14H2. The van der Waals surface area contributed by atoms with E-state index in [2.05, 4.69) is 38.7 Å². The number of aromatic nitrogens is 2. The lowest BCUT2D eigenvalue weighted by Crippen LogP contribution is -2.12. The molecule has 3 heterocycles. The van der Waals surface area contributed by atoms with Crippen LogP contribution >= 0.6 is 0 Å². The van der Waals surface area contributed by atoms with E-state index in [1.165, 1.54) is 50.0 Å². The largest absolute Gasteiger partial charge is 0.492 e. The Morgan fingerprint density at radius 2 is 2.00 bits per heavy atom. The number of ether oxygens (including phenoxy) is 1. The molecule has 3 aliphatic rings. The number of aryl methyl sites for hydroxylation is 1. The molecule has 2 atom stereocenters. The molecule has 0 N–H and O–H groups in total. The molecule has 1 aromatic heterocycles. The molecule has 1 aromatic carbocycles. The number of imidazole rings is 1. The van der Waals surface area contributed by atoms with Crippen LogP contribution in [0.4, 0.5) is 0 Å². The van der Waals surface area contributed by atoms with E-state index in [-0.39, 0.29) is 0 Å². The zero-order valence-corrected chi connectivity index (χ0v) is 14.2. The number of nitrogens with zero attached hydrogens (tertiary/aromatic N) is 3. The van der Waals surface area contributed by atoms with Crippen LogP contribution in [0.25, 0.3) is 11.4 Å². The van der Waals surface area contributed by atoms with Crippen LogP contribution in [0.1, 0.15) is 31.4 Å². The molecule has 24 heavy (non-hydrogen) atoms. The van der Waals surface area contributed by atoms with E-state index in [1.54, 1.807) is 0 Å². The highest BCUT2D eigenvalue weighted by atomic mass is 16.5. The summed E-state index contributed by atoms with van der Waals surface area (Å²) in [5.41, 5.74) is 2.57. The van der Waals surface area contributed by atoms with E-state index >= 15 is 0 Å². The van der Waals surface area contributed by atoms with E-state index in [4.69, 9.17) is 4.74 Å². The van der Waals surface area contributed by atoms with Crippen LogP contribution in [0.5, 0.6) is 5.75 Å². The first-order valence-corrected chi connectivity index (χ1v) is 9.38. The average Bonchev–Trinajstić information content (AvgIpc) is 3.54. The van der Waals surface area contributed by atoms with Gasteiger partial charge in [0.25, 0.3) is 0 Å². The van der Waals surface area contributed by atoms with Crippen molar-refractivity contribution in [1.82, 2.24) is 14.5 Å². The van der Waals surface area contributed by atoms with Crippen LogP contribution in [-0.2, 0) is 13.0 Å². The van der Waals surface area contributed by atoms with E-state index in [0.29, 0.717) is 6.04 Å². The van der Waals surface area contributed by atoms with E-state index in [0.717, 1.165) is 37.1 Å². The van der Waals surface area contributed by atoms with Crippen LogP contribution in [0.2, 0.25) is 0 Å². The first kappa shape index (κ1) is 14.5. The first-order valence-electron chi connectivity index (χ1n) is 9.38. The molecule has 1 saturated carbocycles. The van der Waals surface area contributed by atoms with E-state index in [9.17, 15) is 0 Å². The molecule has 4 nitrogen and oxygen atoms in total. The molecule has 0 spiro atoms. The third-order valence-electron chi connectivity index (χ3n) is 5.58. The van der Waals surface area contributed by atoms with Crippen molar-refractivity contribution in [3.8, 4) is 17.1 Å². The summed E-state index contributed by atoms with van der Waals surface area (Å²) >= 11 is 0. The molecule has 0 amide bonds. The fourth-order valence-corrected chi connectivity index (χ4v) is 3.80. The summed E-state index contributed by atoms with van der Waals surface area (Å²) < 4.78 is 8.35. The highest BCUT2D eigenvalue weighted by Gasteiger charge is 2.38. The van der Waals surface area contributed by atoms with Gasteiger partial charge in [0.1, 0.15) is 18.2 Å². The maximum Gasteiger partial charge on any atom is 0.140 e. The SMILES string of the molecule is c1cc(-c2ncc3n2CCCC3)ccc1OCC1CN1CC1CC1. The Labute approximate surface area is 143 Å². The predicted octanol–water partition coefficient (Wildman–Crippen LogP) is 3.36. The van der Waals surface area contributed by atoms with Gasteiger partial charge < -0.3 is 9.30 Å². The second kappa shape index (κ2) is 5.92. The first-order chi connectivity index (χ1) is 11.9. The van der Waals surface area contributed by atoms with Crippen LogP contribution in [-0.4, -0.2) is 40.2 Å². The molecule has 2 aliphatic heterocycles. The molecule has 0 radical (unpaired) electrons. The molecule has 2 fully saturated rings. The summed E-state index contributed by atoms with van der Waals surface area (Å²) in [6, 6.07) is 9.12. The van der Waals surface area contributed by atoms with Crippen molar-refractivity contribution in [1.29, 1.82) is 0 Å². The van der Waals surface area contributed by atoms with E-state index < -0.39 is 0 Å². The quantitative estimate of drug-likeness (QED) is 0.764. The number of hydrogen-bond donors (Lipinski definition) is 0. The lowest BCUT2D eigenvalue weighted by Gasteiger charge is -2.16. The Balaban J connectivity index is 1.20. The molecule has 0 bridgehead atoms. The molecule has 4 heteroatoms. The summed E-state index contributed by atoms with van der Waals surface area (Å²) in [6.07, 6.45) is 8.62. The molecule has 126 valence electrons. The second-order valence-corrected chi connectivity index (χ2v) is 7.57. The molecule has 1 saturated heterocycles. The Morgan fingerprint density at radius 1 is 1.12 bits per heavy atom. The van der Waals surface area contributed by atoms with Gasteiger partial charge >= 0.3 is 0 Å². The summed E-state index contributed by atoms with van der Waals surface area (Å²) in [6.45, 7) is 4.43. The molecule has 2 unspecified atom stereocenters. The molecule has 5 rings (SSSR count). The van der Waals surface area contributed by atoms with Crippen molar-refractivity contribution >= 4 is 0 Å². The Morgan fingerprint density at radius 3 is 2.83 bits per heavy atom. The van der Waals surface area contributed by atoms with Crippen molar-refractivity contribution in [2.75, 3.05) is 19.7 Å². The lowest BCUT2D eigenvalue weighted by atomic mass is 10.1. The Hall–Kier alpha value is -1.81. The highest BCUT2D eigenvalue weighted by Crippen LogP contribution is 2.33. The summed E-state index contributed by atoms with van der Waals surface area (Å²) in [5, 5.41) is 0. The van der Waals surface area contributed by atoms with Crippen LogP contribution < -0.4 is 4.74 Å². The van der Waals surface area contributed by atoms with Crippen LogP contribution in [0.15, 0.2) is 30.5 Å². The van der Waals surface area contributed by atoms with Crippen molar-refractivity contribution in [3.05, 3.63) is 36.2 Å². The van der Waals surface area contributed by atoms with Crippen molar-refractivity contribution < 1.29 is 4.74 Å². The van der Waals surface area contributed by atoms with Gasteiger partial charge in [0.15, 0.2) is 0 Å². The zero-order valence-electron chi connectivity index (χ0n) is 14.2. The maximum absolute atomic E-state index is 5.98. The minimum absolute atomic E-state index is 0.643. The lowest BCUT2D eigenvalue weighted by molar-refractivity contribution is 0.292. The molecule has 1 aliphatic carbocycles. The van der Waals surface area contributed by atoms with Gasteiger partial charge in [-0.05, 0) is 62.3 Å². The smallest absolute Gasteiger partial charge is 0.140 e. The van der Waals surface area contributed by atoms with Gasteiger partial charge in [0.05, 0.1) is 6.04 Å². The van der Waals surface area contributed by atoms with Crippen LogP contribution in [0, 0.1) is 5.92 Å². The van der Waals surface area contributed by atoms with Gasteiger partial charge in [0, 0.05) is 37.1 Å². The van der Waals surface area contributed by atoms with Gasteiger partial charge in [-0.1, -0.05) is 0 Å². The zero-order chi connectivity index (χ0) is 15.9. The minimum atomic E-state index is 0.643. The van der Waals surface area contributed by atoms with Gasteiger partial charge in [0.2, 0.25) is 0 Å². The molecular formula is C20H25N3O. The Kier molecular flexibility index (Phi) is 3.58. The number of fused-ring (bicyclic) bond motifs is 1. The number of hydrogen-bond acceptors (Lipinski definition) is 3. The third kappa shape index (κ3) is 2.95. The average molecular weight is 323 g/mol.